The number of aryl methyl sites for hydroxylation is 1. The van der Waals surface area contributed by atoms with Crippen molar-refractivity contribution in [3.05, 3.63) is 11.6 Å². The van der Waals surface area contributed by atoms with Gasteiger partial charge in [-0.05, 0) is 38.6 Å². The zero-order chi connectivity index (χ0) is 19.1. The van der Waals surface area contributed by atoms with E-state index in [9.17, 15) is 0 Å². The Kier molecular flexibility index (Phi) is 9.93. The van der Waals surface area contributed by atoms with Crippen LogP contribution in [0.4, 0.5) is 0 Å². The molecule has 2 N–H and O–H groups in total. The quantitative estimate of drug-likeness (QED) is 0.334. The number of hydrogen-bond donors (Lipinski definition) is 2. The number of guanidine groups is 1. The molecule has 0 aromatic carbocycles. The highest BCUT2D eigenvalue weighted by atomic mass is 127. The van der Waals surface area contributed by atoms with Crippen molar-refractivity contribution in [3.8, 4) is 0 Å². The summed E-state index contributed by atoms with van der Waals surface area (Å²) in [4.78, 5) is 11.9. The average Bonchev–Trinajstić information content (AvgIpc) is 3.04. The minimum atomic E-state index is 0. The van der Waals surface area contributed by atoms with Gasteiger partial charge in [-0.15, -0.1) is 24.0 Å². The van der Waals surface area contributed by atoms with Crippen LogP contribution in [0.2, 0.25) is 0 Å². The van der Waals surface area contributed by atoms with Crippen LogP contribution in [0, 0.1) is 5.92 Å². The number of methoxy groups -OCH3 is 1. The van der Waals surface area contributed by atoms with Crippen LogP contribution < -0.4 is 10.6 Å². The molecule has 1 aromatic heterocycles. The van der Waals surface area contributed by atoms with Crippen molar-refractivity contribution < 1.29 is 4.74 Å². The Balaban J connectivity index is 0.00000280. The lowest BCUT2D eigenvalue weighted by atomic mass is 10.0. The lowest BCUT2D eigenvalue weighted by Gasteiger charge is -2.30. The van der Waals surface area contributed by atoms with Crippen LogP contribution in [0.15, 0.2) is 4.99 Å². The molecule has 2 unspecified atom stereocenters. The minimum Gasteiger partial charge on any atom is -0.377 e. The summed E-state index contributed by atoms with van der Waals surface area (Å²) in [6, 6.07) is 0.322. The largest absolute Gasteiger partial charge is 0.377 e. The number of nitrogens with zero attached hydrogens (tertiary/aromatic N) is 5. The molecule has 0 spiro atoms. The summed E-state index contributed by atoms with van der Waals surface area (Å²) in [6.45, 7) is 10.9. The molecule has 1 saturated heterocycles. The number of nitrogens with one attached hydrogen (secondary N) is 2. The number of halogens is 1. The van der Waals surface area contributed by atoms with Gasteiger partial charge in [0.2, 0.25) is 0 Å². The molecule has 28 heavy (non-hydrogen) atoms. The first kappa shape index (κ1) is 23.3. The summed E-state index contributed by atoms with van der Waals surface area (Å²) in [7, 11) is 1.67. The first-order chi connectivity index (χ1) is 13.2. The third-order valence-corrected chi connectivity index (χ3v) is 5.29. The molecule has 2 atom stereocenters. The summed E-state index contributed by atoms with van der Waals surface area (Å²) in [5.74, 6) is 3.55. The number of rotatable bonds is 7. The van der Waals surface area contributed by atoms with E-state index in [4.69, 9.17) is 9.73 Å². The van der Waals surface area contributed by atoms with E-state index in [1.807, 2.05) is 4.68 Å². The summed E-state index contributed by atoms with van der Waals surface area (Å²) >= 11 is 0. The molecule has 0 saturated carbocycles. The van der Waals surface area contributed by atoms with Crippen molar-refractivity contribution in [1.82, 2.24) is 30.3 Å². The van der Waals surface area contributed by atoms with Crippen molar-refractivity contribution in [2.24, 2.45) is 10.9 Å². The number of likely N-dealkylation sites (tertiary alicyclic amines) is 1. The molecule has 0 amide bonds. The van der Waals surface area contributed by atoms with Crippen LogP contribution >= 0.6 is 24.0 Å². The second-order valence-corrected chi connectivity index (χ2v) is 7.75. The Labute approximate surface area is 185 Å². The molecule has 1 aromatic rings. The van der Waals surface area contributed by atoms with Crippen molar-refractivity contribution in [2.45, 2.75) is 58.7 Å². The van der Waals surface area contributed by atoms with E-state index in [-0.39, 0.29) is 24.0 Å². The standard InChI is InChI=1S/C19H35N7O.HI/c1-4-20-19(21-9-11-25-10-5-6-15(2)12-25)22-16-7-8-18-23-17(14-27-3)24-26(18)13-16;/h15-16H,4-14H2,1-3H3,(H2,20,21,22);1H. The van der Waals surface area contributed by atoms with Crippen LogP contribution in [-0.4, -0.2) is 71.5 Å². The minimum absolute atomic E-state index is 0. The van der Waals surface area contributed by atoms with Gasteiger partial charge in [-0.25, -0.2) is 9.67 Å². The molecular weight excluding hydrogens is 469 g/mol. The number of ether oxygens (including phenoxy) is 1. The second-order valence-electron chi connectivity index (χ2n) is 7.75. The van der Waals surface area contributed by atoms with Gasteiger partial charge in [-0.3, -0.25) is 4.99 Å². The number of fused-ring (bicyclic) bond motifs is 1. The van der Waals surface area contributed by atoms with Crippen molar-refractivity contribution in [2.75, 3.05) is 39.8 Å². The highest BCUT2D eigenvalue weighted by molar-refractivity contribution is 14.0. The van der Waals surface area contributed by atoms with E-state index in [2.05, 4.69) is 39.5 Å². The van der Waals surface area contributed by atoms with E-state index >= 15 is 0 Å². The molecule has 160 valence electrons. The van der Waals surface area contributed by atoms with Gasteiger partial charge in [0, 0.05) is 39.2 Å². The van der Waals surface area contributed by atoms with E-state index in [0.29, 0.717) is 12.6 Å². The van der Waals surface area contributed by atoms with Gasteiger partial charge >= 0.3 is 0 Å². The fourth-order valence-corrected chi connectivity index (χ4v) is 3.98. The van der Waals surface area contributed by atoms with Crippen molar-refractivity contribution in [3.63, 3.8) is 0 Å². The fraction of sp³-hybridized carbons (Fsp3) is 0.842. The SMILES string of the molecule is CCNC(=NCCN1CCCC(C)C1)NC1CCc2nc(COC)nn2C1.I. The maximum absolute atomic E-state index is 5.14. The Morgan fingerprint density at radius 1 is 1.32 bits per heavy atom. The molecule has 2 aliphatic heterocycles. The highest BCUT2D eigenvalue weighted by Gasteiger charge is 2.22. The van der Waals surface area contributed by atoms with Crippen LogP contribution in [0.1, 0.15) is 44.8 Å². The van der Waals surface area contributed by atoms with Crippen LogP contribution in [-0.2, 0) is 24.3 Å². The fourth-order valence-electron chi connectivity index (χ4n) is 3.98. The molecule has 3 heterocycles. The summed E-state index contributed by atoms with van der Waals surface area (Å²) < 4.78 is 7.15. The van der Waals surface area contributed by atoms with Gasteiger partial charge in [0.05, 0.1) is 13.1 Å². The molecule has 3 rings (SSSR count). The van der Waals surface area contributed by atoms with Crippen molar-refractivity contribution in [1.29, 1.82) is 0 Å². The molecule has 0 radical (unpaired) electrons. The molecule has 0 aliphatic carbocycles. The van der Waals surface area contributed by atoms with Crippen LogP contribution in [0.3, 0.4) is 0 Å². The van der Waals surface area contributed by atoms with E-state index < -0.39 is 0 Å². The van der Waals surface area contributed by atoms with Gasteiger partial charge in [-0.2, -0.15) is 5.10 Å². The lowest BCUT2D eigenvalue weighted by molar-refractivity contribution is 0.177. The van der Waals surface area contributed by atoms with Crippen LogP contribution in [0.25, 0.3) is 0 Å². The smallest absolute Gasteiger partial charge is 0.191 e. The Morgan fingerprint density at radius 2 is 2.18 bits per heavy atom. The Morgan fingerprint density at radius 3 is 2.93 bits per heavy atom. The average molecular weight is 505 g/mol. The maximum Gasteiger partial charge on any atom is 0.191 e. The summed E-state index contributed by atoms with van der Waals surface area (Å²) in [6.07, 6.45) is 4.65. The first-order valence-corrected chi connectivity index (χ1v) is 10.4. The lowest BCUT2D eigenvalue weighted by Crippen LogP contribution is -2.47. The highest BCUT2D eigenvalue weighted by Crippen LogP contribution is 2.15. The molecule has 1 fully saturated rings. The van der Waals surface area contributed by atoms with Gasteiger partial charge in [0.15, 0.2) is 11.8 Å². The predicted octanol–water partition coefficient (Wildman–Crippen LogP) is 1.64. The van der Waals surface area contributed by atoms with Gasteiger partial charge in [0.25, 0.3) is 0 Å². The first-order valence-electron chi connectivity index (χ1n) is 10.4. The topological polar surface area (TPSA) is 79.6 Å². The monoisotopic (exact) mass is 505 g/mol. The van der Waals surface area contributed by atoms with E-state index in [1.54, 1.807) is 7.11 Å². The van der Waals surface area contributed by atoms with Gasteiger partial charge in [-0.1, -0.05) is 6.92 Å². The Bertz CT molecular complexity index is 621. The normalized spacial score (nSPS) is 23.0. The number of piperidine rings is 1. The number of aromatic nitrogens is 3. The molecule has 8 nitrogen and oxygen atoms in total. The molecule has 9 heteroatoms. The maximum atomic E-state index is 5.14. The number of aliphatic imine (C=N–C) groups is 1. The summed E-state index contributed by atoms with van der Waals surface area (Å²) in [5, 5.41) is 11.5. The molecule has 0 bridgehead atoms. The van der Waals surface area contributed by atoms with Gasteiger partial charge < -0.3 is 20.3 Å². The van der Waals surface area contributed by atoms with Crippen molar-refractivity contribution >= 4 is 29.9 Å². The Hall–Kier alpha value is -0.940. The zero-order valence-electron chi connectivity index (χ0n) is 17.5. The van der Waals surface area contributed by atoms with E-state index in [0.717, 1.165) is 62.5 Å². The third kappa shape index (κ3) is 6.84. The molecule has 2 aliphatic rings. The number of hydrogen-bond acceptors (Lipinski definition) is 5. The third-order valence-electron chi connectivity index (χ3n) is 5.29. The van der Waals surface area contributed by atoms with Crippen LogP contribution in [0.5, 0.6) is 0 Å². The zero-order valence-corrected chi connectivity index (χ0v) is 19.8. The van der Waals surface area contributed by atoms with E-state index in [1.165, 1.54) is 25.9 Å². The second kappa shape index (κ2) is 11.9. The summed E-state index contributed by atoms with van der Waals surface area (Å²) in [5.41, 5.74) is 0. The predicted molar refractivity (Wildman–Crippen MR) is 122 cm³/mol. The van der Waals surface area contributed by atoms with Gasteiger partial charge in [0.1, 0.15) is 12.4 Å². The molecular formula is C19H36IN7O.